The largest absolute Gasteiger partial charge is 0.418 e. The van der Waals surface area contributed by atoms with Gasteiger partial charge in [-0.25, -0.2) is 4.79 Å². The van der Waals surface area contributed by atoms with E-state index in [2.05, 4.69) is 10.6 Å². The summed E-state index contributed by atoms with van der Waals surface area (Å²) in [4.78, 5) is 11.4. The molecule has 2 amide bonds. The number of nitrogens with two attached hydrogens (primary N) is 1. The van der Waals surface area contributed by atoms with Crippen LogP contribution in [0.15, 0.2) is 24.3 Å². The number of carbonyl (C=O) groups is 1. The van der Waals surface area contributed by atoms with Crippen LogP contribution >= 0.6 is 0 Å². The first-order valence-corrected chi connectivity index (χ1v) is 5.28. The van der Waals surface area contributed by atoms with E-state index in [9.17, 15) is 18.0 Å². The van der Waals surface area contributed by atoms with Gasteiger partial charge in [0.05, 0.1) is 11.3 Å². The maximum absolute atomic E-state index is 12.6. The molecule has 0 heterocycles. The van der Waals surface area contributed by atoms with Gasteiger partial charge in [0, 0.05) is 12.6 Å². The van der Waals surface area contributed by atoms with Gasteiger partial charge < -0.3 is 16.4 Å². The number of hydrogen-bond donors (Lipinski definition) is 3. The summed E-state index contributed by atoms with van der Waals surface area (Å²) in [5, 5.41) is 4.57. The topological polar surface area (TPSA) is 67.1 Å². The Labute approximate surface area is 102 Å². The number of alkyl halides is 3. The van der Waals surface area contributed by atoms with Crippen molar-refractivity contribution in [2.75, 3.05) is 11.9 Å². The van der Waals surface area contributed by atoms with E-state index in [-0.39, 0.29) is 18.3 Å². The molecule has 0 saturated carbocycles. The van der Waals surface area contributed by atoms with Crippen molar-refractivity contribution in [3.8, 4) is 0 Å². The zero-order valence-electron chi connectivity index (χ0n) is 9.71. The van der Waals surface area contributed by atoms with E-state index in [1.54, 1.807) is 6.92 Å². The van der Waals surface area contributed by atoms with Gasteiger partial charge >= 0.3 is 12.2 Å². The molecule has 0 fully saturated rings. The van der Waals surface area contributed by atoms with Gasteiger partial charge in [-0.3, -0.25) is 0 Å². The fourth-order valence-corrected chi connectivity index (χ4v) is 1.28. The molecule has 0 saturated heterocycles. The number of rotatable bonds is 3. The SMILES string of the molecule is C[C@H](CN)NC(=O)Nc1ccccc1C(F)(F)F. The van der Waals surface area contributed by atoms with Crippen LogP contribution in [0.1, 0.15) is 12.5 Å². The Kier molecular flexibility index (Phi) is 4.55. The Morgan fingerprint density at radius 1 is 1.39 bits per heavy atom. The summed E-state index contributed by atoms with van der Waals surface area (Å²) in [6.45, 7) is 1.85. The van der Waals surface area contributed by atoms with Crippen molar-refractivity contribution in [2.45, 2.75) is 19.1 Å². The van der Waals surface area contributed by atoms with Gasteiger partial charge in [-0.1, -0.05) is 12.1 Å². The highest BCUT2D eigenvalue weighted by Crippen LogP contribution is 2.34. The standard InChI is InChI=1S/C11H14F3N3O/c1-7(6-15)16-10(18)17-9-5-3-2-4-8(9)11(12,13)14/h2-5,7H,6,15H2,1H3,(H2,16,17,18)/t7-/m1/s1. The van der Waals surface area contributed by atoms with Crippen molar-refractivity contribution in [1.82, 2.24) is 5.32 Å². The van der Waals surface area contributed by atoms with Crippen LogP contribution in [0.25, 0.3) is 0 Å². The van der Waals surface area contributed by atoms with Gasteiger partial charge in [0.1, 0.15) is 0 Å². The molecule has 0 aliphatic rings. The number of benzene rings is 1. The van der Waals surface area contributed by atoms with Crippen LogP contribution in [0.2, 0.25) is 0 Å². The smallest absolute Gasteiger partial charge is 0.334 e. The zero-order valence-corrected chi connectivity index (χ0v) is 9.71. The molecule has 1 aromatic carbocycles. The van der Waals surface area contributed by atoms with Crippen molar-refractivity contribution < 1.29 is 18.0 Å². The third-order valence-electron chi connectivity index (χ3n) is 2.21. The second kappa shape index (κ2) is 5.72. The monoisotopic (exact) mass is 261 g/mol. The Morgan fingerprint density at radius 3 is 2.56 bits per heavy atom. The van der Waals surface area contributed by atoms with Crippen LogP contribution in [-0.2, 0) is 6.18 Å². The number of urea groups is 1. The number of para-hydroxylation sites is 1. The van der Waals surface area contributed by atoms with Crippen molar-refractivity contribution in [3.05, 3.63) is 29.8 Å². The highest BCUT2D eigenvalue weighted by molar-refractivity contribution is 5.90. The molecule has 0 radical (unpaired) electrons. The molecule has 0 unspecified atom stereocenters. The maximum Gasteiger partial charge on any atom is 0.418 e. The molecule has 1 aromatic rings. The lowest BCUT2D eigenvalue weighted by Gasteiger charge is -2.16. The minimum absolute atomic E-state index is 0.203. The fraction of sp³-hybridized carbons (Fsp3) is 0.364. The van der Waals surface area contributed by atoms with E-state index in [1.807, 2.05) is 0 Å². The van der Waals surface area contributed by atoms with E-state index in [4.69, 9.17) is 5.73 Å². The minimum atomic E-state index is -4.51. The fourth-order valence-electron chi connectivity index (χ4n) is 1.28. The average Bonchev–Trinajstić information content (AvgIpc) is 2.27. The van der Waals surface area contributed by atoms with E-state index >= 15 is 0 Å². The van der Waals surface area contributed by atoms with Gasteiger partial charge in [-0.15, -0.1) is 0 Å². The molecule has 18 heavy (non-hydrogen) atoms. The van der Waals surface area contributed by atoms with Crippen LogP contribution in [0.4, 0.5) is 23.7 Å². The Balaban J connectivity index is 2.82. The second-order valence-corrected chi connectivity index (χ2v) is 3.78. The number of amides is 2. The third-order valence-corrected chi connectivity index (χ3v) is 2.21. The number of hydrogen-bond acceptors (Lipinski definition) is 2. The summed E-state index contributed by atoms with van der Waals surface area (Å²) >= 11 is 0. The predicted octanol–water partition coefficient (Wildman–Crippen LogP) is 2.17. The van der Waals surface area contributed by atoms with E-state index < -0.39 is 17.8 Å². The molecule has 100 valence electrons. The predicted molar refractivity (Wildman–Crippen MR) is 62.1 cm³/mol. The summed E-state index contributed by atoms with van der Waals surface area (Å²) in [5.74, 6) is 0. The average molecular weight is 261 g/mol. The lowest BCUT2D eigenvalue weighted by molar-refractivity contribution is -0.136. The quantitative estimate of drug-likeness (QED) is 0.780. The molecular weight excluding hydrogens is 247 g/mol. The van der Waals surface area contributed by atoms with E-state index in [0.29, 0.717) is 0 Å². The van der Waals surface area contributed by atoms with Gasteiger partial charge in [0.25, 0.3) is 0 Å². The van der Waals surface area contributed by atoms with Crippen LogP contribution in [0.3, 0.4) is 0 Å². The Morgan fingerprint density at radius 2 is 2.00 bits per heavy atom. The molecule has 4 N–H and O–H groups in total. The van der Waals surface area contributed by atoms with Crippen LogP contribution < -0.4 is 16.4 Å². The first kappa shape index (κ1) is 14.3. The number of nitrogens with one attached hydrogen (secondary N) is 2. The molecule has 0 aromatic heterocycles. The van der Waals surface area contributed by atoms with Crippen molar-refractivity contribution >= 4 is 11.7 Å². The molecular formula is C11H14F3N3O. The van der Waals surface area contributed by atoms with Crippen molar-refractivity contribution in [2.24, 2.45) is 5.73 Å². The first-order chi connectivity index (χ1) is 8.34. The number of carbonyl (C=O) groups excluding carboxylic acids is 1. The highest BCUT2D eigenvalue weighted by atomic mass is 19.4. The van der Waals surface area contributed by atoms with Crippen molar-refractivity contribution in [1.29, 1.82) is 0 Å². The summed E-state index contributed by atoms with van der Waals surface area (Å²) in [7, 11) is 0. The lowest BCUT2D eigenvalue weighted by atomic mass is 10.1. The third kappa shape index (κ3) is 3.92. The molecule has 4 nitrogen and oxygen atoms in total. The first-order valence-electron chi connectivity index (χ1n) is 5.28. The lowest BCUT2D eigenvalue weighted by Crippen LogP contribution is -2.40. The Bertz CT molecular complexity index is 420. The number of halogens is 3. The van der Waals surface area contributed by atoms with Crippen LogP contribution in [-0.4, -0.2) is 18.6 Å². The van der Waals surface area contributed by atoms with Gasteiger partial charge in [-0.05, 0) is 19.1 Å². The maximum atomic E-state index is 12.6. The summed E-state index contributed by atoms with van der Waals surface area (Å²) in [6, 6.07) is 3.73. The minimum Gasteiger partial charge on any atom is -0.334 e. The molecule has 0 spiro atoms. The number of anilines is 1. The van der Waals surface area contributed by atoms with E-state index in [0.717, 1.165) is 6.07 Å². The molecule has 1 atom stereocenters. The highest BCUT2D eigenvalue weighted by Gasteiger charge is 2.33. The summed E-state index contributed by atoms with van der Waals surface area (Å²) < 4.78 is 37.9. The molecule has 1 rings (SSSR count). The van der Waals surface area contributed by atoms with Crippen molar-refractivity contribution in [3.63, 3.8) is 0 Å². The molecule has 0 aliphatic heterocycles. The molecule has 0 bridgehead atoms. The van der Waals surface area contributed by atoms with Crippen LogP contribution in [0, 0.1) is 0 Å². The Hall–Kier alpha value is -1.76. The van der Waals surface area contributed by atoms with Gasteiger partial charge in [-0.2, -0.15) is 13.2 Å². The summed E-state index contributed by atoms with van der Waals surface area (Å²) in [6.07, 6.45) is -4.51. The van der Waals surface area contributed by atoms with E-state index in [1.165, 1.54) is 18.2 Å². The zero-order chi connectivity index (χ0) is 13.8. The van der Waals surface area contributed by atoms with Gasteiger partial charge in [0.15, 0.2) is 0 Å². The van der Waals surface area contributed by atoms with Crippen LogP contribution in [0.5, 0.6) is 0 Å². The molecule has 0 aliphatic carbocycles. The van der Waals surface area contributed by atoms with Gasteiger partial charge in [0.2, 0.25) is 0 Å². The normalized spacial score (nSPS) is 12.9. The second-order valence-electron chi connectivity index (χ2n) is 3.78. The summed E-state index contributed by atoms with van der Waals surface area (Å²) in [5.41, 5.74) is 4.12. The molecule has 7 heteroatoms.